The second-order valence-electron chi connectivity index (χ2n) is 6.10. The molecule has 1 unspecified atom stereocenters. The van der Waals surface area contributed by atoms with E-state index in [-0.39, 0.29) is 6.61 Å². The van der Waals surface area contributed by atoms with Gasteiger partial charge in [0.15, 0.2) is 0 Å². The van der Waals surface area contributed by atoms with Crippen molar-refractivity contribution in [2.45, 2.75) is 25.4 Å². The Bertz CT molecular complexity index is 687. The monoisotopic (exact) mass is 312 g/mol. The second kappa shape index (κ2) is 6.60. The molecule has 1 aliphatic rings. The Balaban J connectivity index is 1.88. The van der Waals surface area contributed by atoms with Gasteiger partial charge in [0.05, 0.1) is 18.8 Å². The fraction of sp³-hybridized carbons (Fsp3) is 0.368. The van der Waals surface area contributed by atoms with E-state index >= 15 is 0 Å². The summed E-state index contributed by atoms with van der Waals surface area (Å²) in [5.41, 5.74) is 4.11. The minimum absolute atomic E-state index is 0.0497. The average Bonchev–Trinajstić information content (AvgIpc) is 2.60. The van der Waals surface area contributed by atoms with Gasteiger partial charge in [0.25, 0.3) is 0 Å². The van der Waals surface area contributed by atoms with E-state index in [9.17, 15) is 5.11 Å². The van der Waals surface area contributed by atoms with Crippen LogP contribution < -0.4 is 15.4 Å². The smallest absolute Gasteiger partial charge is 0.124 e. The second-order valence-corrected chi connectivity index (χ2v) is 6.10. The van der Waals surface area contributed by atoms with Crippen LogP contribution in [-0.4, -0.2) is 25.4 Å². The highest BCUT2D eigenvalue weighted by atomic mass is 16.5. The van der Waals surface area contributed by atoms with E-state index in [2.05, 4.69) is 35.8 Å². The lowest BCUT2D eigenvalue weighted by atomic mass is 9.85. The van der Waals surface area contributed by atoms with Gasteiger partial charge in [-0.1, -0.05) is 35.9 Å². The van der Waals surface area contributed by atoms with Crippen LogP contribution >= 0.6 is 0 Å². The number of aliphatic hydroxyl groups excluding tert-OH is 1. The molecule has 1 aliphatic heterocycles. The number of hydrogen-bond donors (Lipinski definition) is 3. The van der Waals surface area contributed by atoms with Crippen molar-refractivity contribution in [3.8, 4) is 5.75 Å². The summed E-state index contributed by atoms with van der Waals surface area (Å²) in [4.78, 5) is 0. The van der Waals surface area contributed by atoms with Crippen molar-refractivity contribution < 1.29 is 9.84 Å². The average molecular weight is 312 g/mol. The molecule has 2 aromatic carbocycles. The normalized spacial score (nSPS) is 19.8. The predicted octanol–water partition coefficient (Wildman–Crippen LogP) is 2.80. The first-order valence-corrected chi connectivity index (χ1v) is 8.04. The zero-order chi connectivity index (χ0) is 16.3. The molecule has 0 aliphatic carbocycles. The molecule has 0 aromatic heterocycles. The molecule has 2 aromatic rings. The Hall–Kier alpha value is -2.04. The number of para-hydroxylation sites is 1. The molecule has 3 rings (SSSR count). The van der Waals surface area contributed by atoms with E-state index < -0.39 is 5.54 Å². The van der Waals surface area contributed by atoms with Crippen LogP contribution in [0.4, 0.5) is 5.69 Å². The maximum atomic E-state index is 10.1. The SMILES string of the molecule is CNc1ccc(C)cc1CNC1(CO)CCOc2ccccc21. The van der Waals surface area contributed by atoms with E-state index in [1.54, 1.807) is 0 Å². The number of hydrogen-bond acceptors (Lipinski definition) is 4. The van der Waals surface area contributed by atoms with Crippen LogP contribution in [0.1, 0.15) is 23.1 Å². The molecule has 1 atom stereocenters. The van der Waals surface area contributed by atoms with Crippen LogP contribution in [0, 0.1) is 6.92 Å². The summed E-state index contributed by atoms with van der Waals surface area (Å²) in [6.07, 6.45) is 0.751. The summed E-state index contributed by atoms with van der Waals surface area (Å²) in [6.45, 7) is 3.44. The van der Waals surface area contributed by atoms with Gasteiger partial charge in [-0.05, 0) is 24.6 Å². The summed E-state index contributed by atoms with van der Waals surface area (Å²) < 4.78 is 5.73. The molecule has 0 bridgehead atoms. The van der Waals surface area contributed by atoms with E-state index in [0.29, 0.717) is 13.2 Å². The highest BCUT2D eigenvalue weighted by Crippen LogP contribution is 2.37. The topological polar surface area (TPSA) is 53.5 Å². The van der Waals surface area contributed by atoms with E-state index in [1.165, 1.54) is 11.1 Å². The minimum Gasteiger partial charge on any atom is -0.493 e. The number of benzene rings is 2. The molecule has 4 nitrogen and oxygen atoms in total. The van der Waals surface area contributed by atoms with E-state index in [0.717, 1.165) is 23.4 Å². The van der Waals surface area contributed by atoms with Gasteiger partial charge in [-0.15, -0.1) is 0 Å². The molecule has 4 heteroatoms. The fourth-order valence-corrected chi connectivity index (χ4v) is 3.24. The van der Waals surface area contributed by atoms with Crippen molar-refractivity contribution in [1.29, 1.82) is 0 Å². The molecule has 0 fully saturated rings. The summed E-state index contributed by atoms with van der Waals surface area (Å²) in [7, 11) is 1.93. The third kappa shape index (κ3) is 3.05. The standard InChI is InChI=1S/C19H24N2O2/c1-14-7-8-17(20-2)15(11-14)12-21-19(13-22)9-10-23-18-6-4-3-5-16(18)19/h3-8,11,20-22H,9-10,12-13H2,1-2H3. The molecular weight excluding hydrogens is 288 g/mol. The third-order valence-corrected chi connectivity index (χ3v) is 4.61. The van der Waals surface area contributed by atoms with Crippen LogP contribution in [0.25, 0.3) is 0 Å². The number of fused-ring (bicyclic) bond motifs is 1. The Labute approximate surface area is 137 Å². The van der Waals surface area contributed by atoms with Crippen molar-refractivity contribution in [3.05, 3.63) is 59.2 Å². The zero-order valence-corrected chi connectivity index (χ0v) is 13.7. The van der Waals surface area contributed by atoms with Gasteiger partial charge in [0.2, 0.25) is 0 Å². The molecule has 122 valence electrons. The van der Waals surface area contributed by atoms with Gasteiger partial charge < -0.3 is 20.5 Å². The first-order chi connectivity index (χ1) is 11.2. The zero-order valence-electron chi connectivity index (χ0n) is 13.7. The largest absolute Gasteiger partial charge is 0.493 e. The number of anilines is 1. The maximum absolute atomic E-state index is 10.1. The van der Waals surface area contributed by atoms with Crippen LogP contribution in [-0.2, 0) is 12.1 Å². The minimum atomic E-state index is -0.455. The first-order valence-electron chi connectivity index (χ1n) is 8.04. The number of nitrogens with one attached hydrogen (secondary N) is 2. The summed E-state index contributed by atoms with van der Waals surface area (Å²) in [6, 6.07) is 14.3. The van der Waals surface area contributed by atoms with Crippen molar-refractivity contribution in [1.82, 2.24) is 5.32 Å². The Morgan fingerprint density at radius 3 is 2.83 bits per heavy atom. The van der Waals surface area contributed by atoms with E-state index in [4.69, 9.17) is 4.74 Å². The maximum Gasteiger partial charge on any atom is 0.124 e. The van der Waals surface area contributed by atoms with Crippen LogP contribution in [0.15, 0.2) is 42.5 Å². The highest BCUT2D eigenvalue weighted by Gasteiger charge is 2.36. The molecular formula is C19H24N2O2. The lowest BCUT2D eigenvalue weighted by Crippen LogP contribution is -2.48. The van der Waals surface area contributed by atoms with Gasteiger partial charge in [-0.2, -0.15) is 0 Å². The predicted molar refractivity (Wildman–Crippen MR) is 92.9 cm³/mol. The number of ether oxygens (including phenoxy) is 1. The van der Waals surface area contributed by atoms with Gasteiger partial charge in [0, 0.05) is 31.3 Å². The van der Waals surface area contributed by atoms with Crippen LogP contribution in [0.3, 0.4) is 0 Å². The third-order valence-electron chi connectivity index (χ3n) is 4.61. The Kier molecular flexibility index (Phi) is 4.55. The molecule has 1 heterocycles. The van der Waals surface area contributed by atoms with Crippen LogP contribution in [0.5, 0.6) is 5.75 Å². The fourth-order valence-electron chi connectivity index (χ4n) is 3.24. The molecule has 0 radical (unpaired) electrons. The molecule has 3 N–H and O–H groups in total. The first kappa shape index (κ1) is 15.8. The van der Waals surface area contributed by atoms with Gasteiger partial charge in [-0.25, -0.2) is 0 Å². The Morgan fingerprint density at radius 2 is 2.04 bits per heavy atom. The molecule has 0 amide bonds. The van der Waals surface area contributed by atoms with Crippen molar-refractivity contribution in [2.24, 2.45) is 0 Å². The van der Waals surface area contributed by atoms with Crippen molar-refractivity contribution in [3.63, 3.8) is 0 Å². The van der Waals surface area contributed by atoms with Gasteiger partial charge >= 0.3 is 0 Å². The number of rotatable bonds is 5. The van der Waals surface area contributed by atoms with Gasteiger partial charge in [-0.3, -0.25) is 0 Å². The summed E-state index contributed by atoms with van der Waals surface area (Å²) >= 11 is 0. The lowest BCUT2D eigenvalue weighted by Gasteiger charge is -2.38. The quantitative estimate of drug-likeness (QED) is 0.795. The Morgan fingerprint density at radius 1 is 1.22 bits per heavy atom. The van der Waals surface area contributed by atoms with Crippen molar-refractivity contribution >= 4 is 5.69 Å². The van der Waals surface area contributed by atoms with Gasteiger partial charge in [0.1, 0.15) is 5.75 Å². The number of aliphatic hydroxyl groups is 1. The highest BCUT2D eigenvalue weighted by molar-refractivity contribution is 5.52. The lowest BCUT2D eigenvalue weighted by molar-refractivity contribution is 0.106. The molecule has 23 heavy (non-hydrogen) atoms. The van der Waals surface area contributed by atoms with E-state index in [1.807, 2.05) is 31.3 Å². The van der Waals surface area contributed by atoms with Crippen molar-refractivity contribution in [2.75, 3.05) is 25.6 Å². The molecule has 0 saturated carbocycles. The molecule has 0 saturated heterocycles. The molecule has 0 spiro atoms. The summed E-state index contributed by atoms with van der Waals surface area (Å²) in [5.74, 6) is 0.860. The summed E-state index contributed by atoms with van der Waals surface area (Å²) in [5, 5.41) is 16.9. The van der Waals surface area contributed by atoms with Crippen LogP contribution in [0.2, 0.25) is 0 Å². The number of aryl methyl sites for hydroxylation is 1.